The van der Waals surface area contributed by atoms with Gasteiger partial charge in [0.2, 0.25) is 0 Å². The van der Waals surface area contributed by atoms with E-state index in [0.29, 0.717) is 13.2 Å². The van der Waals surface area contributed by atoms with Crippen molar-refractivity contribution in [2.75, 3.05) is 26.7 Å². The molecular formula is C24H31N3O3. The van der Waals surface area contributed by atoms with Gasteiger partial charge in [0.25, 0.3) is 0 Å². The molecule has 30 heavy (non-hydrogen) atoms. The summed E-state index contributed by atoms with van der Waals surface area (Å²) in [7, 11) is 1.46. The summed E-state index contributed by atoms with van der Waals surface area (Å²) in [6.07, 6.45) is 1.58. The zero-order valence-corrected chi connectivity index (χ0v) is 17.8. The largest absolute Gasteiger partial charge is 0.489 e. The number of esters is 1. The number of rotatable bonds is 7. The number of guanidine groups is 1. The molecule has 1 aliphatic heterocycles. The van der Waals surface area contributed by atoms with Crippen molar-refractivity contribution in [3.8, 4) is 5.75 Å². The van der Waals surface area contributed by atoms with Crippen LogP contribution in [0.2, 0.25) is 0 Å². The number of nitrogens with one attached hydrogen (secondary N) is 1. The second-order valence-electron chi connectivity index (χ2n) is 7.38. The minimum Gasteiger partial charge on any atom is -0.489 e. The van der Waals surface area contributed by atoms with Gasteiger partial charge in [-0.2, -0.15) is 0 Å². The number of hydrogen-bond donors (Lipinski definition) is 1. The second kappa shape index (κ2) is 11.2. The molecule has 0 aliphatic carbocycles. The highest BCUT2D eigenvalue weighted by molar-refractivity contribution is 5.80. The third-order valence-corrected chi connectivity index (χ3v) is 5.22. The predicted octanol–water partition coefficient (Wildman–Crippen LogP) is 3.62. The maximum absolute atomic E-state index is 11.8. The molecule has 1 saturated heterocycles. The van der Waals surface area contributed by atoms with Gasteiger partial charge < -0.3 is 19.7 Å². The van der Waals surface area contributed by atoms with Gasteiger partial charge in [0, 0.05) is 19.6 Å². The first-order valence-corrected chi connectivity index (χ1v) is 10.6. The Morgan fingerprint density at radius 2 is 1.83 bits per heavy atom. The number of carbonyl (C=O) groups is 1. The Kier molecular flexibility index (Phi) is 8.12. The molecule has 0 radical (unpaired) electrons. The summed E-state index contributed by atoms with van der Waals surface area (Å²) in [5.41, 5.74) is 2.24. The van der Waals surface area contributed by atoms with E-state index < -0.39 is 0 Å². The van der Waals surface area contributed by atoms with Crippen molar-refractivity contribution in [3.05, 3.63) is 65.7 Å². The monoisotopic (exact) mass is 409 g/mol. The van der Waals surface area contributed by atoms with E-state index in [4.69, 9.17) is 14.5 Å². The normalized spacial score (nSPS) is 15.0. The zero-order valence-electron chi connectivity index (χ0n) is 17.8. The van der Waals surface area contributed by atoms with Crippen LogP contribution < -0.4 is 10.1 Å². The summed E-state index contributed by atoms with van der Waals surface area (Å²) in [5.74, 6) is 1.61. The average molecular weight is 410 g/mol. The number of methoxy groups -OCH3 is 1. The first kappa shape index (κ1) is 21.7. The minimum absolute atomic E-state index is 0.00688. The first-order chi connectivity index (χ1) is 14.7. The number of hydrogen-bond acceptors (Lipinski definition) is 4. The van der Waals surface area contributed by atoms with Crippen molar-refractivity contribution < 1.29 is 14.3 Å². The molecule has 2 aromatic carbocycles. The fourth-order valence-corrected chi connectivity index (χ4v) is 3.56. The SMILES string of the molecule is CCNC(=NCc1cccc(OCc2ccccc2)c1)N1CCC(C(=O)OC)CC1. The van der Waals surface area contributed by atoms with E-state index in [1.54, 1.807) is 0 Å². The smallest absolute Gasteiger partial charge is 0.308 e. The fourth-order valence-electron chi connectivity index (χ4n) is 3.56. The van der Waals surface area contributed by atoms with Crippen LogP contribution in [0.4, 0.5) is 0 Å². The van der Waals surface area contributed by atoms with Crippen molar-refractivity contribution in [2.24, 2.45) is 10.9 Å². The maximum Gasteiger partial charge on any atom is 0.308 e. The lowest BCUT2D eigenvalue weighted by Gasteiger charge is -2.33. The second-order valence-corrected chi connectivity index (χ2v) is 7.38. The van der Waals surface area contributed by atoms with E-state index in [1.165, 1.54) is 7.11 Å². The highest BCUT2D eigenvalue weighted by Crippen LogP contribution is 2.19. The predicted molar refractivity (Wildman–Crippen MR) is 118 cm³/mol. The molecule has 1 aliphatic rings. The van der Waals surface area contributed by atoms with E-state index in [0.717, 1.165) is 55.3 Å². The summed E-state index contributed by atoms with van der Waals surface area (Å²) in [6, 6.07) is 18.2. The van der Waals surface area contributed by atoms with Gasteiger partial charge in [-0.25, -0.2) is 4.99 Å². The molecule has 0 bridgehead atoms. The first-order valence-electron chi connectivity index (χ1n) is 10.6. The van der Waals surface area contributed by atoms with Gasteiger partial charge >= 0.3 is 5.97 Å². The van der Waals surface area contributed by atoms with Crippen LogP contribution in [0.5, 0.6) is 5.75 Å². The van der Waals surface area contributed by atoms with Crippen molar-refractivity contribution in [2.45, 2.75) is 32.9 Å². The molecule has 0 atom stereocenters. The van der Waals surface area contributed by atoms with E-state index in [1.807, 2.05) is 36.4 Å². The standard InChI is InChI=1S/C24H31N3O3/c1-3-25-24(27-14-12-21(13-15-27)23(28)29-2)26-17-20-10-7-11-22(16-20)30-18-19-8-5-4-6-9-19/h4-11,16,21H,3,12-15,17-18H2,1-2H3,(H,25,26). The topological polar surface area (TPSA) is 63.2 Å². The highest BCUT2D eigenvalue weighted by atomic mass is 16.5. The van der Waals surface area contributed by atoms with Gasteiger partial charge in [-0.1, -0.05) is 42.5 Å². The van der Waals surface area contributed by atoms with Crippen LogP contribution in [0.1, 0.15) is 30.9 Å². The van der Waals surface area contributed by atoms with E-state index in [2.05, 4.69) is 35.3 Å². The number of likely N-dealkylation sites (tertiary alicyclic amines) is 1. The molecule has 6 nitrogen and oxygen atoms in total. The quantitative estimate of drug-likeness (QED) is 0.430. The van der Waals surface area contributed by atoms with Crippen LogP contribution in [0.3, 0.4) is 0 Å². The van der Waals surface area contributed by atoms with E-state index >= 15 is 0 Å². The van der Waals surface area contributed by atoms with Gasteiger partial charge in [-0.3, -0.25) is 4.79 Å². The van der Waals surface area contributed by atoms with Crippen molar-refractivity contribution >= 4 is 11.9 Å². The molecule has 0 spiro atoms. The summed E-state index contributed by atoms with van der Waals surface area (Å²) in [6.45, 7) is 5.58. The molecule has 6 heteroatoms. The van der Waals surface area contributed by atoms with Crippen LogP contribution >= 0.6 is 0 Å². The van der Waals surface area contributed by atoms with Crippen LogP contribution in [0, 0.1) is 5.92 Å². The maximum atomic E-state index is 11.8. The molecular weight excluding hydrogens is 378 g/mol. The molecule has 1 fully saturated rings. The molecule has 2 aromatic rings. The number of piperidine rings is 1. The fraction of sp³-hybridized carbons (Fsp3) is 0.417. The van der Waals surface area contributed by atoms with Crippen molar-refractivity contribution in [1.82, 2.24) is 10.2 Å². The average Bonchev–Trinajstić information content (AvgIpc) is 2.81. The summed E-state index contributed by atoms with van der Waals surface area (Å²) < 4.78 is 10.8. The van der Waals surface area contributed by atoms with Crippen LogP contribution in [0.25, 0.3) is 0 Å². The number of benzene rings is 2. The lowest BCUT2D eigenvalue weighted by molar-refractivity contribution is -0.146. The molecule has 0 aromatic heterocycles. The third kappa shape index (κ3) is 6.24. The lowest BCUT2D eigenvalue weighted by Crippen LogP contribution is -2.46. The number of carbonyl (C=O) groups excluding carboxylic acids is 1. The van der Waals surface area contributed by atoms with Gasteiger partial charge in [0.05, 0.1) is 19.6 Å². The Morgan fingerprint density at radius 1 is 1.10 bits per heavy atom. The van der Waals surface area contributed by atoms with Gasteiger partial charge in [0.1, 0.15) is 12.4 Å². The Labute approximate surface area is 178 Å². The van der Waals surface area contributed by atoms with Crippen LogP contribution in [-0.2, 0) is 22.7 Å². The molecule has 1 heterocycles. The molecule has 3 rings (SSSR count). The highest BCUT2D eigenvalue weighted by Gasteiger charge is 2.26. The van der Waals surface area contributed by atoms with Crippen molar-refractivity contribution in [1.29, 1.82) is 0 Å². The molecule has 0 unspecified atom stereocenters. The van der Waals surface area contributed by atoms with Gasteiger partial charge in [-0.05, 0) is 43.0 Å². The summed E-state index contributed by atoms with van der Waals surface area (Å²) in [4.78, 5) is 18.8. The van der Waals surface area contributed by atoms with Crippen molar-refractivity contribution in [3.63, 3.8) is 0 Å². The zero-order chi connectivity index (χ0) is 21.2. The molecule has 160 valence electrons. The Bertz CT molecular complexity index is 831. The van der Waals surface area contributed by atoms with Gasteiger partial charge in [0.15, 0.2) is 5.96 Å². The Hall–Kier alpha value is -3.02. The Morgan fingerprint density at radius 3 is 2.53 bits per heavy atom. The van der Waals surface area contributed by atoms with Gasteiger partial charge in [-0.15, -0.1) is 0 Å². The number of ether oxygens (including phenoxy) is 2. The summed E-state index contributed by atoms with van der Waals surface area (Å²) in [5, 5.41) is 3.37. The van der Waals surface area contributed by atoms with E-state index in [-0.39, 0.29) is 11.9 Å². The van der Waals surface area contributed by atoms with Crippen LogP contribution in [-0.4, -0.2) is 43.6 Å². The molecule has 0 saturated carbocycles. The Balaban J connectivity index is 1.58. The van der Waals surface area contributed by atoms with E-state index in [9.17, 15) is 4.79 Å². The van der Waals surface area contributed by atoms with Crippen LogP contribution in [0.15, 0.2) is 59.6 Å². The lowest BCUT2D eigenvalue weighted by atomic mass is 9.97. The third-order valence-electron chi connectivity index (χ3n) is 5.22. The number of aliphatic imine (C=N–C) groups is 1. The minimum atomic E-state index is -0.107. The molecule has 1 N–H and O–H groups in total. The summed E-state index contributed by atoms with van der Waals surface area (Å²) >= 11 is 0. The number of nitrogens with zero attached hydrogens (tertiary/aromatic N) is 2. The molecule has 0 amide bonds.